The van der Waals surface area contributed by atoms with E-state index in [1.807, 2.05) is 26.0 Å². The molecule has 0 aliphatic rings. The lowest BCUT2D eigenvalue weighted by Crippen LogP contribution is -2.37. The van der Waals surface area contributed by atoms with E-state index in [-0.39, 0.29) is 23.9 Å². The van der Waals surface area contributed by atoms with Gasteiger partial charge in [-0.15, -0.1) is 0 Å². The van der Waals surface area contributed by atoms with Gasteiger partial charge in [0.05, 0.1) is 11.0 Å². The maximum atomic E-state index is 12.9. The zero-order valence-corrected chi connectivity index (χ0v) is 12.8. The van der Waals surface area contributed by atoms with E-state index >= 15 is 0 Å². The first-order chi connectivity index (χ1) is 9.98. The van der Waals surface area contributed by atoms with Gasteiger partial charge in [0.25, 0.3) is 0 Å². The Bertz CT molecular complexity index is 774. The van der Waals surface area contributed by atoms with Crippen molar-refractivity contribution in [2.45, 2.75) is 31.2 Å². The maximum absolute atomic E-state index is 12.9. The minimum absolute atomic E-state index is 0.170. The van der Waals surface area contributed by atoms with Crippen LogP contribution < -0.4 is 0 Å². The van der Waals surface area contributed by atoms with Crippen LogP contribution in [-0.4, -0.2) is 30.3 Å². The van der Waals surface area contributed by atoms with Gasteiger partial charge in [-0.05, 0) is 26.0 Å². The fraction of sp³-hybridized carbons (Fsp3) is 0.333. The van der Waals surface area contributed by atoms with Gasteiger partial charge in [0.2, 0.25) is 10.0 Å². The van der Waals surface area contributed by atoms with Crippen molar-refractivity contribution in [1.82, 2.24) is 9.29 Å². The Morgan fingerprint density at radius 3 is 2.76 bits per heavy atom. The molecule has 0 radical (unpaired) electrons. The summed E-state index contributed by atoms with van der Waals surface area (Å²) in [5.41, 5.74) is 0. The third-order valence-corrected chi connectivity index (χ3v) is 5.38. The molecule has 0 spiro atoms. The Morgan fingerprint density at radius 1 is 1.33 bits per heavy atom. The van der Waals surface area contributed by atoms with Crippen molar-refractivity contribution in [3.8, 4) is 6.07 Å². The fourth-order valence-electron chi connectivity index (χ4n) is 2.26. The topological polar surface area (TPSA) is 74.1 Å². The molecule has 1 aromatic carbocycles. The Labute approximate surface area is 124 Å². The van der Waals surface area contributed by atoms with E-state index in [9.17, 15) is 8.42 Å². The van der Waals surface area contributed by atoms with Crippen molar-refractivity contribution in [3.05, 3.63) is 36.7 Å². The number of nitrogens with zero attached hydrogens (tertiary/aromatic N) is 3. The molecular formula is C15H17N3O2S. The molecular weight excluding hydrogens is 286 g/mol. The van der Waals surface area contributed by atoms with Crippen molar-refractivity contribution in [1.29, 1.82) is 5.26 Å². The summed E-state index contributed by atoms with van der Waals surface area (Å²) in [5, 5.41) is 10.2. The Morgan fingerprint density at radius 2 is 2.10 bits per heavy atom. The fourth-order valence-corrected chi connectivity index (χ4v) is 4.11. The Balaban J connectivity index is 2.57. The Hall–Kier alpha value is -1.97. The van der Waals surface area contributed by atoms with Crippen LogP contribution in [-0.2, 0) is 10.0 Å². The summed E-state index contributed by atoms with van der Waals surface area (Å²) < 4.78 is 27.1. The summed E-state index contributed by atoms with van der Waals surface area (Å²) in [6.07, 6.45) is 3.39. The summed E-state index contributed by atoms with van der Waals surface area (Å²) in [4.78, 5) is 4.27. The molecule has 2 aromatic rings. The van der Waals surface area contributed by atoms with E-state index in [0.717, 1.165) is 5.39 Å². The third kappa shape index (κ3) is 3.04. The number of rotatable bonds is 5. The molecule has 0 N–H and O–H groups in total. The van der Waals surface area contributed by atoms with Crippen LogP contribution in [0.15, 0.2) is 41.6 Å². The normalized spacial score (nSPS) is 12.0. The zero-order chi connectivity index (χ0) is 15.5. The van der Waals surface area contributed by atoms with Crippen molar-refractivity contribution < 1.29 is 8.42 Å². The number of benzene rings is 1. The van der Waals surface area contributed by atoms with Crippen molar-refractivity contribution >= 4 is 20.8 Å². The van der Waals surface area contributed by atoms with Crippen LogP contribution in [0.25, 0.3) is 10.8 Å². The van der Waals surface area contributed by atoms with E-state index in [1.165, 1.54) is 4.31 Å². The summed E-state index contributed by atoms with van der Waals surface area (Å²) in [7, 11) is -3.64. The number of hydrogen-bond acceptors (Lipinski definition) is 4. The van der Waals surface area contributed by atoms with Crippen LogP contribution >= 0.6 is 0 Å². The second-order valence-corrected chi connectivity index (χ2v) is 6.83. The number of sulfonamides is 1. The second kappa shape index (κ2) is 6.20. The lowest BCUT2D eigenvalue weighted by Gasteiger charge is -2.25. The van der Waals surface area contributed by atoms with Gasteiger partial charge in [-0.2, -0.15) is 9.57 Å². The SMILES string of the molecule is CC(C)N(CCC#N)S(=O)(=O)c1cccc2cnccc12. The first kappa shape index (κ1) is 15.4. The number of pyridine rings is 1. The first-order valence-electron chi connectivity index (χ1n) is 6.70. The van der Waals surface area contributed by atoms with Gasteiger partial charge in [0, 0.05) is 42.2 Å². The second-order valence-electron chi connectivity index (χ2n) is 4.97. The zero-order valence-electron chi connectivity index (χ0n) is 12.0. The van der Waals surface area contributed by atoms with E-state index < -0.39 is 10.0 Å². The van der Waals surface area contributed by atoms with Gasteiger partial charge < -0.3 is 0 Å². The van der Waals surface area contributed by atoms with Crippen LogP contribution in [0, 0.1) is 11.3 Å². The molecule has 0 unspecified atom stereocenters. The summed E-state index contributed by atoms with van der Waals surface area (Å²) in [6.45, 7) is 3.81. The molecule has 0 aliphatic heterocycles. The highest BCUT2D eigenvalue weighted by molar-refractivity contribution is 7.89. The predicted octanol–water partition coefficient (Wildman–Crippen LogP) is 2.55. The molecule has 0 saturated carbocycles. The standard InChI is InChI=1S/C15H17N3O2S/c1-12(2)18(10-4-8-16)21(19,20)15-6-3-5-13-11-17-9-7-14(13)15/h3,5-7,9,11-12H,4,10H2,1-2H3. The number of nitriles is 1. The van der Waals surface area contributed by atoms with E-state index in [1.54, 1.807) is 30.6 Å². The maximum Gasteiger partial charge on any atom is 0.243 e. The van der Waals surface area contributed by atoms with Crippen molar-refractivity contribution in [2.75, 3.05) is 6.54 Å². The van der Waals surface area contributed by atoms with Gasteiger partial charge in [-0.3, -0.25) is 4.98 Å². The number of aromatic nitrogens is 1. The molecule has 0 fully saturated rings. The molecule has 0 amide bonds. The number of hydrogen-bond donors (Lipinski definition) is 0. The summed E-state index contributed by atoms with van der Waals surface area (Å²) >= 11 is 0. The van der Waals surface area contributed by atoms with Gasteiger partial charge in [-0.25, -0.2) is 8.42 Å². The predicted molar refractivity (Wildman–Crippen MR) is 81.0 cm³/mol. The van der Waals surface area contributed by atoms with Gasteiger partial charge in [0.15, 0.2) is 0 Å². The van der Waals surface area contributed by atoms with Crippen LogP contribution in [0.2, 0.25) is 0 Å². The van der Waals surface area contributed by atoms with Crippen LogP contribution in [0.4, 0.5) is 0 Å². The molecule has 0 bridgehead atoms. The monoisotopic (exact) mass is 303 g/mol. The summed E-state index contributed by atoms with van der Waals surface area (Å²) in [5.74, 6) is 0. The van der Waals surface area contributed by atoms with E-state index in [4.69, 9.17) is 5.26 Å². The Kier molecular flexibility index (Phi) is 4.56. The van der Waals surface area contributed by atoms with Gasteiger partial charge in [-0.1, -0.05) is 12.1 Å². The lowest BCUT2D eigenvalue weighted by molar-refractivity contribution is 0.361. The van der Waals surface area contributed by atoms with E-state index in [2.05, 4.69) is 4.98 Å². The average molecular weight is 303 g/mol. The smallest absolute Gasteiger partial charge is 0.243 e. The average Bonchev–Trinajstić information content (AvgIpc) is 2.46. The van der Waals surface area contributed by atoms with Gasteiger partial charge in [0.1, 0.15) is 0 Å². The van der Waals surface area contributed by atoms with Crippen molar-refractivity contribution in [3.63, 3.8) is 0 Å². The highest BCUT2D eigenvalue weighted by atomic mass is 32.2. The molecule has 21 heavy (non-hydrogen) atoms. The highest BCUT2D eigenvalue weighted by Crippen LogP contribution is 2.26. The van der Waals surface area contributed by atoms with Crippen molar-refractivity contribution in [2.24, 2.45) is 0 Å². The van der Waals surface area contributed by atoms with Crippen LogP contribution in [0.5, 0.6) is 0 Å². The molecule has 2 rings (SSSR count). The van der Waals surface area contributed by atoms with Crippen LogP contribution in [0.3, 0.4) is 0 Å². The third-order valence-electron chi connectivity index (χ3n) is 3.25. The quantitative estimate of drug-likeness (QED) is 0.850. The first-order valence-corrected chi connectivity index (χ1v) is 8.14. The molecule has 1 aromatic heterocycles. The van der Waals surface area contributed by atoms with E-state index in [0.29, 0.717) is 5.39 Å². The minimum atomic E-state index is -3.64. The highest BCUT2D eigenvalue weighted by Gasteiger charge is 2.28. The molecule has 0 atom stereocenters. The molecule has 0 aliphatic carbocycles. The molecule has 6 heteroatoms. The minimum Gasteiger partial charge on any atom is -0.264 e. The van der Waals surface area contributed by atoms with Crippen LogP contribution in [0.1, 0.15) is 20.3 Å². The molecule has 0 saturated heterocycles. The molecule has 110 valence electrons. The molecule has 1 heterocycles. The van der Waals surface area contributed by atoms with Gasteiger partial charge >= 0.3 is 0 Å². The lowest BCUT2D eigenvalue weighted by atomic mass is 10.2. The largest absolute Gasteiger partial charge is 0.264 e. The molecule has 5 nitrogen and oxygen atoms in total. The summed E-state index contributed by atoms with van der Waals surface area (Å²) in [6, 6.07) is 8.62. The number of fused-ring (bicyclic) bond motifs is 1.